The third-order valence-electron chi connectivity index (χ3n) is 5.10. The van der Waals surface area contributed by atoms with Gasteiger partial charge in [-0.15, -0.1) is 0 Å². The van der Waals surface area contributed by atoms with Crippen LogP contribution in [-0.2, 0) is 17.8 Å². The molecule has 1 N–H and O–H groups in total. The number of hydrogen-bond donors (Lipinski definition) is 1. The van der Waals surface area contributed by atoms with Crippen LogP contribution in [0.2, 0.25) is 0 Å². The number of fused-ring (bicyclic) bond motifs is 1. The van der Waals surface area contributed by atoms with Crippen LogP contribution in [-0.4, -0.2) is 12.1 Å². The average molecular weight is 426 g/mol. The van der Waals surface area contributed by atoms with Crippen LogP contribution in [0, 0.1) is 5.82 Å². The van der Waals surface area contributed by atoms with Crippen LogP contribution < -0.4 is 10.2 Å². The minimum atomic E-state index is -0.282. The van der Waals surface area contributed by atoms with Gasteiger partial charge in [0.1, 0.15) is 18.2 Å². The lowest BCUT2D eigenvalue weighted by molar-refractivity contribution is -0.121. The number of carbonyl (C=O) groups excluding carboxylic acids is 1. The average Bonchev–Trinajstić information content (AvgIpc) is 2.83. The van der Waals surface area contributed by atoms with E-state index in [0.29, 0.717) is 25.2 Å². The summed E-state index contributed by atoms with van der Waals surface area (Å²) in [5.74, 6) is 0.199. The number of carbonyl (C=O) groups is 1. The first-order valence-corrected chi connectivity index (χ1v) is 10.4. The number of nitrogens with one attached hydrogen (secondary N) is 1. The van der Waals surface area contributed by atoms with Gasteiger partial charge in [-0.3, -0.25) is 4.79 Å². The molecule has 4 rings (SSSR count). The number of amides is 1. The molecule has 0 atom stereocenters. The summed E-state index contributed by atoms with van der Waals surface area (Å²) in [6, 6.07) is 27.8. The molecule has 0 unspecified atom stereocenters. The number of hydrazone groups is 1. The quantitative estimate of drug-likeness (QED) is 0.293. The van der Waals surface area contributed by atoms with Gasteiger partial charge in [0.05, 0.1) is 6.21 Å². The summed E-state index contributed by atoms with van der Waals surface area (Å²) in [5, 5.41) is 6.18. The van der Waals surface area contributed by atoms with Gasteiger partial charge in [0.25, 0.3) is 0 Å². The largest absolute Gasteiger partial charge is 0.488 e. The highest BCUT2D eigenvalue weighted by Crippen LogP contribution is 2.27. The molecule has 0 aliphatic heterocycles. The summed E-state index contributed by atoms with van der Waals surface area (Å²) < 4.78 is 19.2. The Morgan fingerprint density at radius 1 is 0.875 bits per heavy atom. The molecule has 32 heavy (non-hydrogen) atoms. The van der Waals surface area contributed by atoms with E-state index in [9.17, 15) is 9.18 Å². The zero-order valence-electron chi connectivity index (χ0n) is 17.5. The predicted octanol–water partition coefficient (Wildman–Crippen LogP) is 5.64. The summed E-state index contributed by atoms with van der Waals surface area (Å²) in [6.45, 7) is 0.295. The fourth-order valence-electron chi connectivity index (χ4n) is 3.40. The zero-order valence-corrected chi connectivity index (χ0v) is 17.5. The van der Waals surface area contributed by atoms with Gasteiger partial charge in [-0.25, -0.2) is 9.82 Å². The Hall–Kier alpha value is -3.99. The molecule has 4 aromatic carbocycles. The van der Waals surface area contributed by atoms with E-state index in [-0.39, 0.29) is 11.7 Å². The van der Waals surface area contributed by atoms with E-state index in [0.717, 1.165) is 27.5 Å². The molecule has 0 saturated carbocycles. The minimum Gasteiger partial charge on any atom is -0.488 e. The van der Waals surface area contributed by atoms with Gasteiger partial charge in [0.15, 0.2) is 0 Å². The number of halogens is 1. The number of aryl methyl sites for hydroxylation is 1. The standard InChI is InChI=1S/C27H23FN2O2/c28-23-14-10-21(11-15-23)19-32-26-16-13-22-8-4-5-9-24(22)25(26)18-29-30-27(31)17-12-20-6-2-1-3-7-20/h1-11,13-16,18H,12,17,19H2,(H,30,31). The molecular formula is C27H23FN2O2. The van der Waals surface area contributed by atoms with Crippen LogP contribution in [0.5, 0.6) is 5.75 Å². The molecular weight excluding hydrogens is 403 g/mol. The van der Waals surface area contributed by atoms with E-state index in [1.165, 1.54) is 12.1 Å². The van der Waals surface area contributed by atoms with E-state index in [2.05, 4.69) is 10.5 Å². The second-order valence-electron chi connectivity index (χ2n) is 7.39. The second kappa shape index (κ2) is 10.4. The number of hydrogen-bond acceptors (Lipinski definition) is 3. The van der Waals surface area contributed by atoms with Gasteiger partial charge in [0, 0.05) is 12.0 Å². The van der Waals surface area contributed by atoms with Gasteiger partial charge in [-0.05, 0) is 46.5 Å². The van der Waals surface area contributed by atoms with Crippen molar-refractivity contribution in [2.24, 2.45) is 5.10 Å². The van der Waals surface area contributed by atoms with Crippen molar-refractivity contribution in [2.45, 2.75) is 19.4 Å². The lowest BCUT2D eigenvalue weighted by Crippen LogP contribution is -2.18. The first kappa shape index (κ1) is 21.2. The Morgan fingerprint density at radius 2 is 1.62 bits per heavy atom. The molecule has 0 spiro atoms. The Morgan fingerprint density at radius 3 is 2.44 bits per heavy atom. The minimum absolute atomic E-state index is 0.154. The summed E-state index contributed by atoms with van der Waals surface area (Å²) >= 11 is 0. The molecule has 4 nitrogen and oxygen atoms in total. The van der Waals surface area contributed by atoms with Crippen LogP contribution in [0.15, 0.2) is 96.1 Å². The van der Waals surface area contributed by atoms with Gasteiger partial charge in [-0.1, -0.05) is 72.8 Å². The van der Waals surface area contributed by atoms with Crippen LogP contribution >= 0.6 is 0 Å². The molecule has 0 aliphatic carbocycles. The monoisotopic (exact) mass is 426 g/mol. The highest BCUT2D eigenvalue weighted by Gasteiger charge is 2.08. The van der Waals surface area contributed by atoms with Gasteiger partial charge < -0.3 is 4.74 Å². The summed E-state index contributed by atoms with van der Waals surface area (Å²) in [4.78, 5) is 12.2. The highest BCUT2D eigenvalue weighted by molar-refractivity contribution is 6.02. The zero-order chi connectivity index (χ0) is 22.2. The summed E-state index contributed by atoms with van der Waals surface area (Å²) in [5.41, 5.74) is 5.34. The topological polar surface area (TPSA) is 50.7 Å². The maximum Gasteiger partial charge on any atom is 0.240 e. The van der Waals surface area contributed by atoms with Crippen molar-refractivity contribution in [3.05, 3.63) is 114 Å². The third kappa shape index (κ3) is 5.58. The molecule has 0 radical (unpaired) electrons. The van der Waals surface area contributed by atoms with Gasteiger partial charge >= 0.3 is 0 Å². The first-order valence-electron chi connectivity index (χ1n) is 10.4. The Bertz CT molecular complexity index is 1220. The number of benzene rings is 4. The van der Waals surface area contributed by atoms with Gasteiger partial charge in [-0.2, -0.15) is 5.10 Å². The fraction of sp³-hybridized carbons (Fsp3) is 0.111. The number of nitrogens with zero attached hydrogens (tertiary/aromatic N) is 1. The molecule has 160 valence electrons. The molecule has 0 saturated heterocycles. The Labute approximate surface area is 186 Å². The molecule has 1 amide bonds. The summed E-state index contributed by atoms with van der Waals surface area (Å²) in [6.07, 6.45) is 2.62. The highest BCUT2D eigenvalue weighted by atomic mass is 19.1. The van der Waals surface area contributed by atoms with Crippen molar-refractivity contribution >= 4 is 22.9 Å². The molecule has 4 aromatic rings. The van der Waals surface area contributed by atoms with Crippen LogP contribution in [0.3, 0.4) is 0 Å². The maximum atomic E-state index is 13.2. The lowest BCUT2D eigenvalue weighted by atomic mass is 10.0. The van der Waals surface area contributed by atoms with E-state index >= 15 is 0 Å². The van der Waals surface area contributed by atoms with E-state index in [4.69, 9.17) is 4.74 Å². The molecule has 0 aliphatic rings. The normalized spacial score (nSPS) is 11.0. The van der Waals surface area contributed by atoms with E-state index < -0.39 is 0 Å². The van der Waals surface area contributed by atoms with E-state index in [1.807, 2.05) is 66.7 Å². The third-order valence-corrected chi connectivity index (χ3v) is 5.10. The SMILES string of the molecule is O=C(CCc1ccccc1)NN=Cc1c(OCc2ccc(F)cc2)ccc2ccccc12. The smallest absolute Gasteiger partial charge is 0.240 e. The van der Waals surface area contributed by atoms with Gasteiger partial charge in [0.2, 0.25) is 5.91 Å². The first-order chi connectivity index (χ1) is 15.7. The Balaban J connectivity index is 1.47. The van der Waals surface area contributed by atoms with Crippen molar-refractivity contribution < 1.29 is 13.9 Å². The van der Waals surface area contributed by atoms with Crippen molar-refractivity contribution in [3.63, 3.8) is 0 Å². The molecule has 0 heterocycles. The van der Waals surface area contributed by atoms with Crippen LogP contribution in [0.25, 0.3) is 10.8 Å². The second-order valence-corrected chi connectivity index (χ2v) is 7.39. The van der Waals surface area contributed by atoms with Crippen LogP contribution in [0.4, 0.5) is 4.39 Å². The maximum absolute atomic E-state index is 13.2. The number of ether oxygens (including phenoxy) is 1. The van der Waals surface area contributed by atoms with Crippen molar-refractivity contribution in [2.75, 3.05) is 0 Å². The van der Waals surface area contributed by atoms with E-state index in [1.54, 1.807) is 18.3 Å². The summed E-state index contributed by atoms with van der Waals surface area (Å²) in [7, 11) is 0. The molecule has 5 heteroatoms. The molecule has 0 fully saturated rings. The number of rotatable bonds is 8. The van der Waals surface area contributed by atoms with Crippen molar-refractivity contribution in [1.82, 2.24) is 5.43 Å². The Kier molecular flexibility index (Phi) is 6.88. The van der Waals surface area contributed by atoms with Crippen molar-refractivity contribution in [3.8, 4) is 5.75 Å². The molecule has 0 aromatic heterocycles. The fourth-order valence-corrected chi connectivity index (χ4v) is 3.40. The van der Waals surface area contributed by atoms with Crippen molar-refractivity contribution in [1.29, 1.82) is 0 Å². The van der Waals surface area contributed by atoms with Crippen LogP contribution in [0.1, 0.15) is 23.1 Å². The predicted molar refractivity (Wildman–Crippen MR) is 125 cm³/mol. The molecule has 0 bridgehead atoms. The lowest BCUT2D eigenvalue weighted by Gasteiger charge is -2.12.